The molecule has 3 aromatic rings. The third-order valence-corrected chi connectivity index (χ3v) is 5.15. The normalized spacial score (nSPS) is 18.7. The van der Waals surface area contributed by atoms with Gasteiger partial charge in [-0.25, -0.2) is 19.0 Å². The molecule has 1 aliphatic heterocycles. The largest absolute Gasteiger partial charge is 0.458 e. The number of hydrogen-bond donors (Lipinski definition) is 2. The summed E-state index contributed by atoms with van der Waals surface area (Å²) in [5.41, 5.74) is 2.67. The number of nitrogens with zero attached hydrogens (tertiary/aromatic N) is 6. The van der Waals surface area contributed by atoms with Crippen molar-refractivity contribution in [2.45, 2.75) is 44.8 Å². The van der Waals surface area contributed by atoms with Crippen LogP contribution in [0.5, 0.6) is 0 Å². The van der Waals surface area contributed by atoms with E-state index < -0.39 is 18.2 Å². The lowest BCUT2D eigenvalue weighted by atomic mass is 9.97. The zero-order valence-electron chi connectivity index (χ0n) is 18.4. The molecule has 0 aliphatic carbocycles. The highest BCUT2D eigenvalue weighted by Gasteiger charge is 2.26. The first-order valence-electron chi connectivity index (χ1n) is 10.5. The summed E-state index contributed by atoms with van der Waals surface area (Å²) >= 11 is 0. The molecule has 2 atom stereocenters. The highest BCUT2D eigenvalue weighted by Crippen LogP contribution is 2.31. The highest BCUT2D eigenvalue weighted by atomic mass is 19.1. The van der Waals surface area contributed by atoms with E-state index in [1.807, 2.05) is 13.8 Å². The maximum absolute atomic E-state index is 13.6. The van der Waals surface area contributed by atoms with Crippen molar-refractivity contribution in [3.05, 3.63) is 47.4 Å². The van der Waals surface area contributed by atoms with Gasteiger partial charge in [0.25, 0.3) is 0 Å². The number of aromatic nitrogens is 6. The van der Waals surface area contributed by atoms with E-state index in [0.29, 0.717) is 29.2 Å². The van der Waals surface area contributed by atoms with Crippen molar-refractivity contribution < 1.29 is 19.0 Å². The number of tetrazole rings is 1. The fourth-order valence-electron chi connectivity index (χ4n) is 3.54. The quantitative estimate of drug-likeness (QED) is 0.541. The van der Waals surface area contributed by atoms with Crippen molar-refractivity contribution >= 4 is 23.9 Å². The second-order valence-corrected chi connectivity index (χ2v) is 8.09. The molecule has 2 N–H and O–H groups in total. The maximum atomic E-state index is 13.6. The number of carbonyl (C=O) groups is 1. The molecule has 0 amide bonds. The van der Waals surface area contributed by atoms with Crippen LogP contribution in [-0.4, -0.2) is 53.5 Å². The third kappa shape index (κ3) is 5.20. The Bertz CT molecular complexity index is 1180. The van der Waals surface area contributed by atoms with E-state index >= 15 is 0 Å². The summed E-state index contributed by atoms with van der Waals surface area (Å²) in [5.74, 6) is -0.154. The number of anilines is 2. The first kappa shape index (κ1) is 22.5. The summed E-state index contributed by atoms with van der Waals surface area (Å²) in [5, 5.41) is 24.2. The lowest BCUT2D eigenvalue weighted by molar-refractivity contribution is -0.156. The molecule has 0 unspecified atom stereocenters. The van der Waals surface area contributed by atoms with Crippen LogP contribution >= 0.6 is 0 Å². The highest BCUT2D eigenvalue weighted by molar-refractivity contribution is 5.76. The van der Waals surface area contributed by atoms with E-state index in [1.54, 1.807) is 31.3 Å². The molecule has 0 saturated carbocycles. The molecule has 2 aromatic heterocycles. The Morgan fingerprint density at radius 1 is 1.27 bits per heavy atom. The van der Waals surface area contributed by atoms with E-state index in [2.05, 4.69) is 30.8 Å². The molecule has 1 fully saturated rings. The van der Waals surface area contributed by atoms with Gasteiger partial charge in [-0.1, -0.05) is 25.0 Å². The van der Waals surface area contributed by atoms with Gasteiger partial charge >= 0.3 is 5.97 Å². The van der Waals surface area contributed by atoms with Crippen LogP contribution in [0, 0.1) is 5.82 Å². The number of esters is 1. The van der Waals surface area contributed by atoms with Crippen molar-refractivity contribution in [3.63, 3.8) is 0 Å². The van der Waals surface area contributed by atoms with Gasteiger partial charge in [-0.15, -0.1) is 0 Å². The smallest absolute Gasteiger partial charge is 0.309 e. The fraction of sp³-hybridized carbons (Fsp3) is 0.364. The monoisotopic (exact) mass is 453 g/mol. The van der Waals surface area contributed by atoms with E-state index in [4.69, 9.17) is 4.74 Å². The molecule has 0 spiro atoms. The first-order chi connectivity index (χ1) is 15.8. The molecule has 10 nitrogen and oxygen atoms in total. The molecule has 1 aliphatic rings. The summed E-state index contributed by atoms with van der Waals surface area (Å²) in [6.07, 6.45) is 2.50. The Kier molecular flexibility index (Phi) is 6.40. The Morgan fingerprint density at radius 2 is 2.03 bits per heavy atom. The average molecular weight is 453 g/mol. The van der Waals surface area contributed by atoms with Crippen LogP contribution in [0.25, 0.3) is 17.3 Å². The number of cyclic esters (lactones) is 1. The molecule has 1 saturated heterocycles. The summed E-state index contributed by atoms with van der Waals surface area (Å²) in [6.45, 7) is 3.98. The average Bonchev–Trinajstić information content (AvgIpc) is 3.16. The first-order valence-corrected chi connectivity index (χ1v) is 10.5. The molecule has 4 rings (SSSR count). The Hall–Kier alpha value is -3.73. The Balaban J connectivity index is 1.80. The van der Waals surface area contributed by atoms with Gasteiger partial charge in [0.05, 0.1) is 23.9 Å². The van der Waals surface area contributed by atoms with Crippen LogP contribution in [0.1, 0.15) is 43.9 Å². The van der Waals surface area contributed by atoms with E-state index in [-0.39, 0.29) is 24.1 Å². The summed E-state index contributed by atoms with van der Waals surface area (Å²) in [4.78, 5) is 21.0. The molecular formula is C22H24FN7O3. The van der Waals surface area contributed by atoms with E-state index in [1.165, 1.54) is 16.8 Å². The number of carbonyl (C=O) groups excluding carboxylic acids is 1. The van der Waals surface area contributed by atoms with Gasteiger partial charge in [0.2, 0.25) is 11.9 Å². The minimum atomic E-state index is -0.745. The SMILES string of the molecule is CC(C)c1nc(Nc2nnnn2C)nc(-c2ccc(F)cc2)c1/C=C/[C@@H]1C[C@@H](O)CC(=O)O1. The predicted octanol–water partition coefficient (Wildman–Crippen LogP) is 2.75. The number of halogens is 1. The van der Waals surface area contributed by atoms with Gasteiger partial charge in [0, 0.05) is 24.6 Å². The number of benzene rings is 1. The number of rotatable bonds is 6. The number of hydrogen-bond acceptors (Lipinski definition) is 9. The summed E-state index contributed by atoms with van der Waals surface area (Å²) in [6, 6.07) is 5.99. The number of nitrogens with one attached hydrogen (secondary N) is 1. The maximum Gasteiger partial charge on any atom is 0.309 e. The number of aryl methyl sites for hydroxylation is 1. The van der Waals surface area contributed by atoms with Crippen LogP contribution < -0.4 is 5.32 Å². The van der Waals surface area contributed by atoms with Gasteiger partial charge in [-0.3, -0.25) is 10.1 Å². The zero-order valence-corrected chi connectivity index (χ0v) is 18.4. The number of aliphatic hydroxyl groups is 1. The second-order valence-electron chi connectivity index (χ2n) is 8.09. The minimum absolute atomic E-state index is 0.00418. The van der Waals surface area contributed by atoms with Crippen molar-refractivity contribution in [1.82, 2.24) is 30.2 Å². The van der Waals surface area contributed by atoms with Crippen molar-refractivity contribution in [2.24, 2.45) is 7.05 Å². The van der Waals surface area contributed by atoms with Crippen LogP contribution in [0.4, 0.5) is 16.3 Å². The Morgan fingerprint density at radius 3 is 2.67 bits per heavy atom. The van der Waals surface area contributed by atoms with Gasteiger partial charge in [-0.2, -0.15) is 0 Å². The van der Waals surface area contributed by atoms with E-state index in [0.717, 1.165) is 5.69 Å². The molecule has 3 heterocycles. The van der Waals surface area contributed by atoms with Crippen molar-refractivity contribution in [3.8, 4) is 11.3 Å². The van der Waals surface area contributed by atoms with E-state index in [9.17, 15) is 14.3 Å². The van der Waals surface area contributed by atoms with Crippen LogP contribution in [0.3, 0.4) is 0 Å². The van der Waals surface area contributed by atoms with Crippen LogP contribution in [-0.2, 0) is 16.6 Å². The van der Waals surface area contributed by atoms with Crippen molar-refractivity contribution in [2.75, 3.05) is 5.32 Å². The van der Waals surface area contributed by atoms with Crippen molar-refractivity contribution in [1.29, 1.82) is 0 Å². The fourth-order valence-corrected chi connectivity index (χ4v) is 3.54. The molecule has 172 valence electrons. The summed E-state index contributed by atoms with van der Waals surface area (Å²) < 4.78 is 20.4. The lowest BCUT2D eigenvalue weighted by Gasteiger charge is -2.23. The topological polar surface area (TPSA) is 128 Å². The predicted molar refractivity (Wildman–Crippen MR) is 118 cm³/mol. The van der Waals surface area contributed by atoms with Gasteiger partial charge in [0.1, 0.15) is 11.9 Å². The molecule has 11 heteroatoms. The number of ether oxygens (including phenoxy) is 1. The molecule has 33 heavy (non-hydrogen) atoms. The number of aliphatic hydroxyl groups excluding tert-OH is 1. The summed E-state index contributed by atoms with van der Waals surface area (Å²) in [7, 11) is 1.68. The molecule has 1 aromatic carbocycles. The lowest BCUT2D eigenvalue weighted by Crippen LogP contribution is -2.31. The van der Waals surface area contributed by atoms with Crippen LogP contribution in [0.15, 0.2) is 30.3 Å². The zero-order chi connectivity index (χ0) is 23.5. The molecule has 0 radical (unpaired) electrons. The standard InChI is InChI=1S/C22H24FN7O3/c1-12(2)19-17(9-8-16-10-15(31)11-18(32)33-16)20(13-4-6-14(23)7-5-13)25-21(24-19)26-22-27-28-29-30(22)3/h4-9,12,15-16,31H,10-11H2,1-3H3,(H,24,25,26,27,29)/b9-8+/t15-,16-/m1/s1. The minimum Gasteiger partial charge on any atom is -0.458 e. The van der Waals surface area contributed by atoms with Gasteiger partial charge in [-0.05, 0) is 46.7 Å². The second kappa shape index (κ2) is 9.41. The molecule has 0 bridgehead atoms. The Labute approximate surface area is 189 Å². The van der Waals surface area contributed by atoms with Crippen LogP contribution in [0.2, 0.25) is 0 Å². The molecular weight excluding hydrogens is 429 g/mol. The van der Waals surface area contributed by atoms with Gasteiger partial charge < -0.3 is 9.84 Å². The third-order valence-electron chi connectivity index (χ3n) is 5.15. The van der Waals surface area contributed by atoms with Gasteiger partial charge in [0.15, 0.2) is 0 Å².